The van der Waals surface area contributed by atoms with Gasteiger partial charge in [-0.2, -0.15) is 0 Å². The number of carbonyl (C=O) groups excluding carboxylic acids is 3. The van der Waals surface area contributed by atoms with Gasteiger partial charge in [-0.3, -0.25) is 4.79 Å². The molecule has 1 amide bonds. The molecule has 0 aliphatic carbocycles. The quantitative estimate of drug-likeness (QED) is 0.564. The minimum absolute atomic E-state index is 0.105. The summed E-state index contributed by atoms with van der Waals surface area (Å²) in [6.07, 6.45) is 0. The van der Waals surface area contributed by atoms with Gasteiger partial charge in [0.25, 0.3) is 5.91 Å². The fraction of sp³-hybridized carbons (Fsp3) is 0.174. The number of hydrogen-bond donors (Lipinski definition) is 2. The zero-order valence-corrected chi connectivity index (χ0v) is 18.1. The molecule has 2 N–H and O–H groups in total. The van der Waals surface area contributed by atoms with Gasteiger partial charge < -0.3 is 20.1 Å². The van der Waals surface area contributed by atoms with E-state index in [9.17, 15) is 14.4 Å². The molecule has 2 aromatic carbocycles. The van der Waals surface area contributed by atoms with E-state index in [1.807, 2.05) is 19.9 Å². The number of rotatable bonds is 6. The Morgan fingerprint density at radius 3 is 1.88 bits per heavy atom. The summed E-state index contributed by atoms with van der Waals surface area (Å²) in [5.74, 6) is -1.31. The molecule has 0 saturated carbocycles. The van der Waals surface area contributed by atoms with E-state index in [0.29, 0.717) is 17.2 Å². The lowest BCUT2D eigenvalue weighted by atomic mass is 10.1. The first kappa shape index (κ1) is 22.4. The molecule has 1 heterocycles. The molecule has 32 heavy (non-hydrogen) atoms. The number of esters is 2. The van der Waals surface area contributed by atoms with Crippen LogP contribution in [0.3, 0.4) is 0 Å². The van der Waals surface area contributed by atoms with Crippen LogP contribution in [0.5, 0.6) is 0 Å². The highest BCUT2D eigenvalue weighted by Gasteiger charge is 2.16. The van der Waals surface area contributed by atoms with E-state index in [1.165, 1.54) is 32.4 Å². The normalized spacial score (nSPS) is 10.2. The van der Waals surface area contributed by atoms with Crippen molar-refractivity contribution in [2.24, 2.45) is 0 Å². The van der Waals surface area contributed by atoms with Crippen molar-refractivity contribution in [3.05, 3.63) is 76.6 Å². The summed E-state index contributed by atoms with van der Waals surface area (Å²) in [6, 6.07) is 12.8. The lowest BCUT2D eigenvalue weighted by Crippen LogP contribution is -2.14. The molecule has 3 rings (SSSR count). The Morgan fingerprint density at radius 2 is 1.31 bits per heavy atom. The van der Waals surface area contributed by atoms with Crippen LogP contribution in [-0.4, -0.2) is 42.0 Å². The van der Waals surface area contributed by atoms with Crippen LogP contribution >= 0.6 is 0 Å². The lowest BCUT2D eigenvalue weighted by molar-refractivity contribution is 0.0599. The third kappa shape index (κ3) is 5.45. The maximum absolute atomic E-state index is 12.8. The van der Waals surface area contributed by atoms with Crippen molar-refractivity contribution >= 4 is 35.2 Å². The first-order valence-electron chi connectivity index (χ1n) is 9.61. The predicted octanol–water partition coefficient (Wildman–Crippen LogP) is 3.66. The van der Waals surface area contributed by atoms with Crippen molar-refractivity contribution in [2.75, 3.05) is 24.9 Å². The number of aromatic nitrogens is 2. The van der Waals surface area contributed by atoms with Gasteiger partial charge in [-0.1, -0.05) is 6.07 Å². The fourth-order valence-corrected chi connectivity index (χ4v) is 3.02. The number of methoxy groups -OCH3 is 2. The summed E-state index contributed by atoms with van der Waals surface area (Å²) in [6.45, 7) is 3.74. The van der Waals surface area contributed by atoms with E-state index < -0.39 is 17.8 Å². The Bertz CT molecular complexity index is 1140. The minimum atomic E-state index is -0.647. The highest BCUT2D eigenvalue weighted by atomic mass is 16.5. The van der Waals surface area contributed by atoms with Crippen molar-refractivity contribution in [3.63, 3.8) is 0 Å². The van der Waals surface area contributed by atoms with Crippen LogP contribution in [0.2, 0.25) is 0 Å². The van der Waals surface area contributed by atoms with Crippen molar-refractivity contribution in [1.82, 2.24) is 9.97 Å². The summed E-state index contributed by atoms with van der Waals surface area (Å²) < 4.78 is 9.43. The van der Waals surface area contributed by atoms with Gasteiger partial charge in [0.2, 0.25) is 5.95 Å². The molecule has 3 aromatic rings. The van der Waals surface area contributed by atoms with Crippen molar-refractivity contribution in [3.8, 4) is 0 Å². The lowest BCUT2D eigenvalue weighted by Gasteiger charge is -2.11. The van der Waals surface area contributed by atoms with E-state index in [1.54, 1.807) is 24.3 Å². The third-order valence-corrected chi connectivity index (χ3v) is 4.40. The highest BCUT2D eigenvalue weighted by Crippen LogP contribution is 2.20. The monoisotopic (exact) mass is 434 g/mol. The van der Waals surface area contributed by atoms with Crippen LogP contribution in [0.25, 0.3) is 0 Å². The van der Waals surface area contributed by atoms with Gasteiger partial charge >= 0.3 is 11.9 Å². The maximum Gasteiger partial charge on any atom is 0.337 e. The van der Waals surface area contributed by atoms with E-state index in [4.69, 9.17) is 9.47 Å². The van der Waals surface area contributed by atoms with Gasteiger partial charge in [-0.15, -0.1) is 0 Å². The Kier molecular flexibility index (Phi) is 6.79. The Morgan fingerprint density at radius 1 is 0.750 bits per heavy atom. The summed E-state index contributed by atoms with van der Waals surface area (Å²) in [5.41, 5.74) is 3.07. The molecule has 0 fully saturated rings. The number of hydrogen-bond acceptors (Lipinski definition) is 8. The van der Waals surface area contributed by atoms with E-state index in [2.05, 4.69) is 20.6 Å². The number of anilines is 3. The number of ether oxygens (including phenoxy) is 2. The van der Waals surface area contributed by atoms with Gasteiger partial charge in [0.1, 0.15) is 0 Å². The number of nitrogens with one attached hydrogen (secondary N) is 2. The van der Waals surface area contributed by atoms with Gasteiger partial charge in [-0.25, -0.2) is 19.6 Å². The standard InChI is InChI=1S/C23H22N4O5/c1-13-8-14(2)25-23(24-13)27-18-7-5-6-15(10-18)20(28)26-19-11-16(21(29)31-3)9-17(12-19)22(30)32-4/h5-12H,1-4H3,(H,26,28)(H,24,25,27). The number of benzene rings is 2. The molecule has 164 valence electrons. The van der Waals surface area contributed by atoms with Crippen LogP contribution in [0.15, 0.2) is 48.5 Å². The molecule has 0 bridgehead atoms. The summed E-state index contributed by atoms with van der Waals surface area (Å²) in [5, 5.41) is 5.78. The molecule has 0 radical (unpaired) electrons. The van der Waals surface area contributed by atoms with Crippen molar-refractivity contribution in [2.45, 2.75) is 13.8 Å². The minimum Gasteiger partial charge on any atom is -0.465 e. The second kappa shape index (κ2) is 9.69. The van der Waals surface area contributed by atoms with Crippen molar-refractivity contribution in [1.29, 1.82) is 0 Å². The average Bonchev–Trinajstić information content (AvgIpc) is 2.77. The zero-order chi connectivity index (χ0) is 23.3. The predicted molar refractivity (Wildman–Crippen MR) is 118 cm³/mol. The molecule has 0 atom stereocenters. The zero-order valence-electron chi connectivity index (χ0n) is 18.1. The molecule has 0 unspecified atom stereocenters. The Hall–Kier alpha value is -4.27. The van der Waals surface area contributed by atoms with Crippen LogP contribution in [0.1, 0.15) is 42.5 Å². The maximum atomic E-state index is 12.8. The molecule has 1 aromatic heterocycles. The second-order valence-electron chi connectivity index (χ2n) is 6.92. The van der Waals surface area contributed by atoms with Gasteiger partial charge in [-0.05, 0) is 56.3 Å². The molecule has 0 spiro atoms. The second-order valence-corrected chi connectivity index (χ2v) is 6.92. The van der Waals surface area contributed by atoms with Crippen LogP contribution < -0.4 is 10.6 Å². The number of carbonyl (C=O) groups is 3. The third-order valence-electron chi connectivity index (χ3n) is 4.40. The van der Waals surface area contributed by atoms with Crippen LogP contribution in [0.4, 0.5) is 17.3 Å². The number of amides is 1. The van der Waals surface area contributed by atoms with E-state index in [-0.39, 0.29) is 16.8 Å². The van der Waals surface area contributed by atoms with Gasteiger partial charge in [0.15, 0.2) is 0 Å². The summed E-state index contributed by atoms with van der Waals surface area (Å²) in [7, 11) is 2.45. The van der Waals surface area contributed by atoms with Crippen LogP contribution in [0, 0.1) is 13.8 Å². The van der Waals surface area contributed by atoms with Crippen LogP contribution in [-0.2, 0) is 9.47 Å². The Labute approximate surface area is 184 Å². The number of nitrogens with zero attached hydrogens (tertiary/aromatic N) is 2. The highest BCUT2D eigenvalue weighted by molar-refractivity contribution is 6.06. The summed E-state index contributed by atoms with van der Waals surface area (Å²) >= 11 is 0. The van der Waals surface area contributed by atoms with E-state index in [0.717, 1.165) is 11.4 Å². The molecular formula is C23H22N4O5. The molecular weight excluding hydrogens is 412 g/mol. The average molecular weight is 434 g/mol. The molecule has 0 aliphatic heterocycles. The fourth-order valence-electron chi connectivity index (χ4n) is 3.02. The largest absolute Gasteiger partial charge is 0.465 e. The molecule has 0 aliphatic rings. The summed E-state index contributed by atoms with van der Waals surface area (Å²) in [4.78, 5) is 45.4. The van der Waals surface area contributed by atoms with E-state index >= 15 is 0 Å². The molecule has 9 heteroatoms. The topological polar surface area (TPSA) is 120 Å². The molecule has 0 saturated heterocycles. The first-order chi connectivity index (χ1) is 15.3. The molecule has 9 nitrogen and oxygen atoms in total. The van der Waals surface area contributed by atoms with Gasteiger partial charge in [0.05, 0.1) is 25.3 Å². The van der Waals surface area contributed by atoms with Crippen molar-refractivity contribution < 1.29 is 23.9 Å². The number of aryl methyl sites for hydroxylation is 2. The Balaban J connectivity index is 1.84. The van der Waals surface area contributed by atoms with Gasteiger partial charge in [0, 0.05) is 28.3 Å². The first-order valence-corrected chi connectivity index (χ1v) is 9.61. The SMILES string of the molecule is COC(=O)c1cc(NC(=O)c2cccc(Nc3nc(C)cc(C)n3)c2)cc(C(=O)OC)c1. The smallest absolute Gasteiger partial charge is 0.337 e.